The van der Waals surface area contributed by atoms with Gasteiger partial charge in [0.05, 0.1) is 18.2 Å². The molecule has 0 aliphatic heterocycles. The molecule has 0 saturated heterocycles. The molecule has 0 saturated carbocycles. The summed E-state index contributed by atoms with van der Waals surface area (Å²) in [5.74, 6) is -0.102. The molecule has 0 fully saturated rings. The number of H-pyrrole nitrogens is 2. The van der Waals surface area contributed by atoms with Crippen molar-refractivity contribution < 1.29 is 9.21 Å². The smallest absolute Gasteiger partial charge is 0.251 e. The van der Waals surface area contributed by atoms with Crippen LogP contribution in [0.3, 0.4) is 0 Å². The Balaban J connectivity index is 1.40. The Morgan fingerprint density at radius 1 is 1.28 bits per heavy atom. The van der Waals surface area contributed by atoms with Crippen molar-refractivity contribution in [3.05, 3.63) is 65.2 Å². The molecule has 3 N–H and O–H groups in total. The largest absolute Gasteiger partial charge is 0.472 e. The molecule has 0 atom stereocenters. The SMILES string of the molecule is CC1(C)CCc2c(-c3cc4cc(C(=O)NCc5ccoc5)ccc4[nH]3)n[nH]c2C1. The first-order chi connectivity index (χ1) is 14.0. The fourth-order valence-corrected chi connectivity index (χ4v) is 4.15. The number of carbonyl (C=O) groups is 1. The van der Waals surface area contributed by atoms with Crippen LogP contribution in [-0.2, 0) is 19.4 Å². The van der Waals surface area contributed by atoms with Crippen molar-refractivity contribution in [2.24, 2.45) is 5.41 Å². The van der Waals surface area contributed by atoms with Crippen molar-refractivity contribution in [2.75, 3.05) is 0 Å². The maximum Gasteiger partial charge on any atom is 0.251 e. The summed E-state index contributed by atoms with van der Waals surface area (Å²) in [7, 11) is 0. The molecule has 29 heavy (non-hydrogen) atoms. The maximum atomic E-state index is 12.5. The lowest BCUT2D eigenvalue weighted by Gasteiger charge is -2.28. The van der Waals surface area contributed by atoms with E-state index in [1.165, 1.54) is 11.3 Å². The first-order valence-corrected chi connectivity index (χ1v) is 9.97. The Kier molecular flexibility index (Phi) is 4.08. The van der Waals surface area contributed by atoms with Gasteiger partial charge in [0.2, 0.25) is 0 Å². The molecule has 3 heterocycles. The van der Waals surface area contributed by atoms with Gasteiger partial charge in [-0.2, -0.15) is 5.10 Å². The Morgan fingerprint density at radius 2 is 2.17 bits per heavy atom. The molecule has 0 unspecified atom stereocenters. The number of furan rings is 1. The van der Waals surface area contributed by atoms with Gasteiger partial charge in [0.25, 0.3) is 5.91 Å². The predicted molar refractivity (Wildman–Crippen MR) is 112 cm³/mol. The van der Waals surface area contributed by atoms with E-state index in [0.717, 1.165) is 47.1 Å². The van der Waals surface area contributed by atoms with Crippen molar-refractivity contribution in [1.29, 1.82) is 0 Å². The summed E-state index contributed by atoms with van der Waals surface area (Å²) in [5.41, 5.74) is 7.44. The number of carbonyl (C=O) groups excluding carboxylic acids is 1. The lowest BCUT2D eigenvalue weighted by Crippen LogP contribution is -2.22. The molecule has 4 aromatic rings. The third-order valence-electron chi connectivity index (χ3n) is 5.83. The van der Waals surface area contributed by atoms with Gasteiger partial charge in [0.1, 0.15) is 5.69 Å². The van der Waals surface area contributed by atoms with Crippen molar-refractivity contribution in [3.8, 4) is 11.4 Å². The minimum atomic E-state index is -0.102. The van der Waals surface area contributed by atoms with Crippen LogP contribution in [0.25, 0.3) is 22.3 Å². The summed E-state index contributed by atoms with van der Waals surface area (Å²) in [5, 5.41) is 11.8. The zero-order chi connectivity index (χ0) is 20.0. The molecule has 6 nitrogen and oxygen atoms in total. The molecular weight excluding hydrogens is 364 g/mol. The second-order valence-corrected chi connectivity index (χ2v) is 8.67. The number of aromatic nitrogens is 3. The van der Waals surface area contributed by atoms with Crippen LogP contribution in [0.5, 0.6) is 0 Å². The standard InChI is InChI=1S/C23H24N4O2/c1-23(2)7-5-17-20(11-23)26-27-21(17)19-10-16-9-15(3-4-18(16)25-19)22(28)24-12-14-6-8-29-13-14/h3-4,6,8-10,13,25H,5,7,11-12H2,1-2H3,(H,24,28)(H,26,27). The molecule has 1 aliphatic carbocycles. The van der Waals surface area contributed by atoms with Gasteiger partial charge in [-0.25, -0.2) is 0 Å². The van der Waals surface area contributed by atoms with E-state index in [-0.39, 0.29) is 5.91 Å². The predicted octanol–water partition coefficient (Wildman–Crippen LogP) is 4.60. The Labute approximate surface area is 168 Å². The minimum absolute atomic E-state index is 0.102. The summed E-state index contributed by atoms with van der Waals surface area (Å²) in [6.07, 6.45) is 6.45. The van der Waals surface area contributed by atoms with E-state index in [2.05, 4.69) is 40.4 Å². The highest BCUT2D eigenvalue weighted by Gasteiger charge is 2.29. The first kappa shape index (κ1) is 17.8. The summed E-state index contributed by atoms with van der Waals surface area (Å²) in [6.45, 7) is 5.05. The number of fused-ring (bicyclic) bond motifs is 2. The van der Waals surface area contributed by atoms with Crippen LogP contribution in [0.4, 0.5) is 0 Å². The zero-order valence-electron chi connectivity index (χ0n) is 16.6. The topological polar surface area (TPSA) is 86.7 Å². The molecule has 0 radical (unpaired) electrons. The number of hydrogen-bond donors (Lipinski definition) is 3. The first-order valence-electron chi connectivity index (χ1n) is 9.97. The molecule has 6 heteroatoms. The van der Waals surface area contributed by atoms with Gasteiger partial charge >= 0.3 is 0 Å². The highest BCUT2D eigenvalue weighted by molar-refractivity contribution is 5.99. The average molecular weight is 388 g/mol. The van der Waals surface area contributed by atoms with Crippen LogP contribution >= 0.6 is 0 Å². The fraction of sp³-hybridized carbons (Fsp3) is 0.304. The van der Waals surface area contributed by atoms with Gasteiger partial charge in [0.15, 0.2) is 0 Å². The highest BCUT2D eigenvalue weighted by atomic mass is 16.3. The summed E-state index contributed by atoms with van der Waals surface area (Å²) >= 11 is 0. The van der Waals surface area contributed by atoms with Crippen LogP contribution in [0.1, 0.15) is 47.4 Å². The Hall–Kier alpha value is -3.28. The number of rotatable bonds is 4. The molecule has 5 rings (SSSR count). The molecule has 0 bridgehead atoms. The normalized spacial score (nSPS) is 15.4. The summed E-state index contributed by atoms with van der Waals surface area (Å²) in [6, 6.07) is 9.64. The van der Waals surface area contributed by atoms with E-state index in [9.17, 15) is 4.79 Å². The monoisotopic (exact) mass is 388 g/mol. The van der Waals surface area contributed by atoms with E-state index in [1.54, 1.807) is 12.5 Å². The molecule has 1 aliphatic rings. The van der Waals surface area contributed by atoms with Crippen LogP contribution in [0, 0.1) is 5.41 Å². The third kappa shape index (κ3) is 3.35. The molecule has 3 aromatic heterocycles. The lowest BCUT2D eigenvalue weighted by molar-refractivity contribution is 0.0951. The molecular formula is C23H24N4O2. The number of nitrogens with zero attached hydrogens (tertiary/aromatic N) is 1. The summed E-state index contributed by atoms with van der Waals surface area (Å²) < 4.78 is 5.04. The minimum Gasteiger partial charge on any atom is -0.472 e. The van der Waals surface area contributed by atoms with Crippen molar-refractivity contribution >= 4 is 16.8 Å². The Bertz CT molecular complexity index is 1180. The molecule has 1 amide bonds. The summed E-state index contributed by atoms with van der Waals surface area (Å²) in [4.78, 5) is 16.0. The number of nitrogens with one attached hydrogen (secondary N) is 3. The van der Waals surface area contributed by atoms with Crippen molar-refractivity contribution in [1.82, 2.24) is 20.5 Å². The zero-order valence-corrected chi connectivity index (χ0v) is 16.6. The van der Waals surface area contributed by atoms with Crippen LogP contribution in [0.15, 0.2) is 47.3 Å². The lowest BCUT2D eigenvalue weighted by atomic mass is 9.76. The highest BCUT2D eigenvalue weighted by Crippen LogP contribution is 2.38. The number of amides is 1. The second kappa shape index (κ2) is 6.65. The van der Waals surface area contributed by atoms with Crippen LogP contribution in [0.2, 0.25) is 0 Å². The van der Waals surface area contributed by atoms with Gasteiger partial charge < -0.3 is 14.7 Å². The van der Waals surface area contributed by atoms with Crippen molar-refractivity contribution in [2.45, 2.75) is 39.7 Å². The van der Waals surface area contributed by atoms with E-state index in [1.807, 2.05) is 24.3 Å². The molecule has 0 spiro atoms. The quantitative estimate of drug-likeness (QED) is 0.478. The number of hydrogen-bond acceptors (Lipinski definition) is 3. The van der Waals surface area contributed by atoms with E-state index in [0.29, 0.717) is 17.5 Å². The van der Waals surface area contributed by atoms with Crippen LogP contribution < -0.4 is 5.32 Å². The van der Waals surface area contributed by atoms with Crippen molar-refractivity contribution in [3.63, 3.8) is 0 Å². The van der Waals surface area contributed by atoms with Gasteiger partial charge in [-0.1, -0.05) is 13.8 Å². The molecule has 148 valence electrons. The average Bonchev–Trinajstić information content (AvgIpc) is 3.43. The molecule has 1 aromatic carbocycles. The number of aromatic amines is 2. The van der Waals surface area contributed by atoms with Gasteiger partial charge in [-0.15, -0.1) is 0 Å². The van der Waals surface area contributed by atoms with Crippen LogP contribution in [-0.4, -0.2) is 21.1 Å². The fourth-order valence-electron chi connectivity index (χ4n) is 4.15. The second-order valence-electron chi connectivity index (χ2n) is 8.67. The van der Waals surface area contributed by atoms with E-state index in [4.69, 9.17) is 4.42 Å². The van der Waals surface area contributed by atoms with E-state index < -0.39 is 0 Å². The van der Waals surface area contributed by atoms with Gasteiger partial charge in [-0.3, -0.25) is 9.89 Å². The Morgan fingerprint density at radius 3 is 3.00 bits per heavy atom. The van der Waals surface area contributed by atoms with E-state index >= 15 is 0 Å². The maximum absolute atomic E-state index is 12.5. The van der Waals surface area contributed by atoms with Gasteiger partial charge in [-0.05, 0) is 55.0 Å². The third-order valence-corrected chi connectivity index (χ3v) is 5.83. The number of benzene rings is 1. The van der Waals surface area contributed by atoms with Gasteiger partial charge in [0, 0.05) is 39.8 Å².